The maximum atomic E-state index is 12.2. The number of aryl methyl sites for hydroxylation is 2. The summed E-state index contributed by atoms with van der Waals surface area (Å²) in [5, 5.41) is 0.646. The molecule has 0 spiro atoms. The van der Waals surface area contributed by atoms with E-state index < -0.39 is 10.0 Å². The van der Waals surface area contributed by atoms with Crippen LogP contribution in [0.15, 0.2) is 47.4 Å². The average molecular weight is 310 g/mol. The van der Waals surface area contributed by atoms with Gasteiger partial charge in [-0.3, -0.25) is 0 Å². The topological polar surface area (TPSA) is 46.2 Å². The minimum atomic E-state index is -3.49. The summed E-state index contributed by atoms with van der Waals surface area (Å²) in [6.45, 7) is 4.07. The summed E-state index contributed by atoms with van der Waals surface area (Å²) in [4.78, 5) is 0.273. The van der Waals surface area contributed by atoms with E-state index in [1.54, 1.807) is 30.3 Å². The molecule has 0 aliphatic rings. The molecule has 1 N–H and O–H groups in total. The van der Waals surface area contributed by atoms with Crippen LogP contribution in [-0.4, -0.2) is 8.42 Å². The Morgan fingerprint density at radius 3 is 2.30 bits per heavy atom. The van der Waals surface area contributed by atoms with Crippen molar-refractivity contribution in [3.63, 3.8) is 0 Å². The summed E-state index contributed by atoms with van der Waals surface area (Å²) in [7, 11) is -3.49. The van der Waals surface area contributed by atoms with Gasteiger partial charge in [-0.25, -0.2) is 13.1 Å². The Hall–Kier alpha value is -1.36. The van der Waals surface area contributed by atoms with Crippen molar-refractivity contribution in [2.24, 2.45) is 0 Å². The maximum Gasteiger partial charge on any atom is 0.240 e. The first-order valence-electron chi connectivity index (χ1n) is 6.20. The normalized spacial score (nSPS) is 11.6. The molecule has 2 aromatic rings. The van der Waals surface area contributed by atoms with Crippen molar-refractivity contribution in [2.75, 3.05) is 0 Å². The predicted octanol–water partition coefficient (Wildman–Crippen LogP) is 3.44. The number of halogens is 1. The second-order valence-corrected chi connectivity index (χ2v) is 6.91. The van der Waals surface area contributed by atoms with Gasteiger partial charge < -0.3 is 0 Å². The van der Waals surface area contributed by atoms with Crippen molar-refractivity contribution in [1.82, 2.24) is 4.72 Å². The van der Waals surface area contributed by atoms with E-state index >= 15 is 0 Å². The monoisotopic (exact) mass is 309 g/mol. The molecule has 3 nitrogen and oxygen atoms in total. The van der Waals surface area contributed by atoms with Crippen molar-refractivity contribution in [3.8, 4) is 0 Å². The fourth-order valence-electron chi connectivity index (χ4n) is 1.83. The smallest absolute Gasteiger partial charge is 0.207 e. The average Bonchev–Trinajstić information content (AvgIpc) is 2.38. The van der Waals surface area contributed by atoms with Crippen LogP contribution >= 0.6 is 11.6 Å². The molecule has 5 heteroatoms. The van der Waals surface area contributed by atoms with E-state index in [0.717, 1.165) is 16.7 Å². The van der Waals surface area contributed by atoms with Crippen molar-refractivity contribution in [3.05, 3.63) is 64.2 Å². The van der Waals surface area contributed by atoms with Gasteiger partial charge in [0.25, 0.3) is 0 Å². The minimum Gasteiger partial charge on any atom is -0.207 e. The molecule has 2 rings (SSSR count). The van der Waals surface area contributed by atoms with Crippen molar-refractivity contribution < 1.29 is 8.42 Å². The van der Waals surface area contributed by atoms with E-state index in [0.29, 0.717) is 5.02 Å². The molecule has 106 valence electrons. The van der Waals surface area contributed by atoms with Crippen LogP contribution in [0.4, 0.5) is 0 Å². The van der Waals surface area contributed by atoms with Crippen LogP contribution in [0.2, 0.25) is 5.02 Å². The highest BCUT2D eigenvalue weighted by molar-refractivity contribution is 7.89. The number of rotatable bonds is 4. The lowest BCUT2D eigenvalue weighted by Gasteiger charge is -2.09. The fraction of sp³-hybridized carbons (Fsp3) is 0.200. The highest BCUT2D eigenvalue weighted by Gasteiger charge is 2.13. The summed E-state index contributed by atoms with van der Waals surface area (Å²) < 4.78 is 26.9. The van der Waals surface area contributed by atoms with E-state index in [9.17, 15) is 8.42 Å². The number of hydrogen-bond donors (Lipinski definition) is 1. The Morgan fingerprint density at radius 2 is 1.70 bits per heavy atom. The number of sulfonamides is 1. The van der Waals surface area contributed by atoms with Crippen molar-refractivity contribution >= 4 is 21.6 Å². The third kappa shape index (κ3) is 3.60. The van der Waals surface area contributed by atoms with Gasteiger partial charge in [-0.15, -0.1) is 0 Å². The molecule has 0 saturated heterocycles. The summed E-state index contributed by atoms with van der Waals surface area (Å²) in [5.74, 6) is 0. The first-order valence-corrected chi connectivity index (χ1v) is 8.06. The first kappa shape index (κ1) is 15.0. The Bertz CT molecular complexity index is 709. The summed E-state index contributed by atoms with van der Waals surface area (Å²) >= 11 is 5.88. The zero-order chi connectivity index (χ0) is 14.8. The van der Waals surface area contributed by atoms with Gasteiger partial charge in [0.15, 0.2) is 0 Å². The Kier molecular flexibility index (Phi) is 4.48. The van der Waals surface area contributed by atoms with Gasteiger partial charge in [0.1, 0.15) is 0 Å². The van der Waals surface area contributed by atoms with Gasteiger partial charge in [-0.2, -0.15) is 0 Å². The first-order chi connectivity index (χ1) is 9.38. The quantitative estimate of drug-likeness (QED) is 0.940. The molecule has 0 heterocycles. The van der Waals surface area contributed by atoms with Gasteiger partial charge in [0.2, 0.25) is 10.0 Å². The van der Waals surface area contributed by atoms with Gasteiger partial charge in [0, 0.05) is 11.6 Å². The van der Waals surface area contributed by atoms with Crippen LogP contribution < -0.4 is 4.72 Å². The maximum absolute atomic E-state index is 12.2. The third-order valence-corrected chi connectivity index (χ3v) is 4.74. The second-order valence-electron chi connectivity index (χ2n) is 4.71. The SMILES string of the molecule is Cc1ccc(S(=O)(=O)NCc2ccc(Cl)cc2C)cc1. The molecule has 0 aliphatic carbocycles. The molecule has 0 atom stereocenters. The Balaban J connectivity index is 2.15. The summed E-state index contributed by atoms with van der Waals surface area (Å²) in [6.07, 6.45) is 0. The van der Waals surface area contributed by atoms with Gasteiger partial charge in [-0.1, -0.05) is 35.4 Å². The Morgan fingerprint density at radius 1 is 1.05 bits per heavy atom. The molecule has 0 bridgehead atoms. The zero-order valence-electron chi connectivity index (χ0n) is 11.4. The zero-order valence-corrected chi connectivity index (χ0v) is 12.9. The molecule has 0 radical (unpaired) electrons. The standard InChI is InChI=1S/C15H16ClNO2S/c1-11-3-7-15(8-4-11)20(18,19)17-10-13-5-6-14(16)9-12(13)2/h3-9,17H,10H2,1-2H3. The van der Waals surface area contributed by atoms with Crippen LogP contribution in [0.25, 0.3) is 0 Å². The lowest BCUT2D eigenvalue weighted by Crippen LogP contribution is -2.23. The molecule has 0 saturated carbocycles. The van der Waals surface area contributed by atoms with E-state index in [-0.39, 0.29) is 11.4 Å². The van der Waals surface area contributed by atoms with Gasteiger partial charge in [0.05, 0.1) is 4.90 Å². The molecule has 2 aromatic carbocycles. The molecule has 0 amide bonds. The second kappa shape index (κ2) is 5.95. The number of hydrogen-bond acceptors (Lipinski definition) is 2. The van der Waals surface area contributed by atoms with E-state index in [1.807, 2.05) is 26.0 Å². The highest BCUT2D eigenvalue weighted by atomic mass is 35.5. The van der Waals surface area contributed by atoms with Crippen LogP contribution in [0, 0.1) is 13.8 Å². The highest BCUT2D eigenvalue weighted by Crippen LogP contribution is 2.16. The van der Waals surface area contributed by atoms with Crippen LogP contribution in [0.5, 0.6) is 0 Å². The molecule has 0 aliphatic heterocycles. The summed E-state index contributed by atoms with van der Waals surface area (Å²) in [6, 6.07) is 12.2. The van der Waals surface area contributed by atoms with Crippen LogP contribution in [0.1, 0.15) is 16.7 Å². The minimum absolute atomic E-state index is 0.249. The number of benzene rings is 2. The molecule has 20 heavy (non-hydrogen) atoms. The van der Waals surface area contributed by atoms with Gasteiger partial charge in [-0.05, 0) is 49.2 Å². The molecule has 0 aromatic heterocycles. The van der Waals surface area contributed by atoms with Crippen LogP contribution in [0.3, 0.4) is 0 Å². The van der Waals surface area contributed by atoms with E-state index in [4.69, 9.17) is 11.6 Å². The van der Waals surface area contributed by atoms with Crippen molar-refractivity contribution in [2.45, 2.75) is 25.3 Å². The summed E-state index contributed by atoms with van der Waals surface area (Å²) in [5.41, 5.74) is 2.90. The van der Waals surface area contributed by atoms with E-state index in [1.165, 1.54) is 0 Å². The fourth-order valence-corrected chi connectivity index (χ4v) is 3.06. The van der Waals surface area contributed by atoms with Gasteiger partial charge >= 0.3 is 0 Å². The third-order valence-electron chi connectivity index (χ3n) is 3.09. The molecular formula is C15H16ClNO2S. The lowest BCUT2D eigenvalue weighted by molar-refractivity contribution is 0.581. The Labute approximate surface area is 124 Å². The lowest BCUT2D eigenvalue weighted by atomic mass is 10.1. The molecule has 0 unspecified atom stereocenters. The number of nitrogens with one attached hydrogen (secondary N) is 1. The molecular weight excluding hydrogens is 294 g/mol. The largest absolute Gasteiger partial charge is 0.240 e. The molecule has 0 fully saturated rings. The van der Waals surface area contributed by atoms with Crippen molar-refractivity contribution in [1.29, 1.82) is 0 Å². The van der Waals surface area contributed by atoms with Crippen LogP contribution in [-0.2, 0) is 16.6 Å². The van der Waals surface area contributed by atoms with E-state index in [2.05, 4.69) is 4.72 Å². The predicted molar refractivity (Wildman–Crippen MR) is 81.4 cm³/mol.